The molecule has 0 bridgehead atoms. The molecule has 1 fully saturated rings. The summed E-state index contributed by atoms with van der Waals surface area (Å²) in [6.07, 6.45) is 8.62. The third-order valence-corrected chi connectivity index (χ3v) is 5.14. The summed E-state index contributed by atoms with van der Waals surface area (Å²) < 4.78 is 3.29. The van der Waals surface area contributed by atoms with Gasteiger partial charge in [0.2, 0.25) is 0 Å². The minimum atomic E-state index is 0.336. The number of nitrogens with one attached hydrogen (secondary N) is 1. The molecule has 1 N–H and O–H groups in total. The zero-order valence-electron chi connectivity index (χ0n) is 12.5. The van der Waals surface area contributed by atoms with Gasteiger partial charge in [-0.3, -0.25) is 4.68 Å². The van der Waals surface area contributed by atoms with Crippen molar-refractivity contribution in [1.82, 2.24) is 15.1 Å². The predicted octanol–water partition coefficient (Wildman–Crippen LogP) is 4.46. The third-order valence-electron chi connectivity index (χ3n) is 4.53. The number of nitrogens with zero attached hydrogens (tertiary/aromatic N) is 2. The number of hydrogen-bond acceptors (Lipinski definition) is 2. The fourth-order valence-electron chi connectivity index (χ4n) is 3.50. The summed E-state index contributed by atoms with van der Waals surface area (Å²) in [5.74, 6) is 0. The maximum absolute atomic E-state index is 4.54. The maximum Gasteiger partial charge on any atom is 0.0704 e. The van der Waals surface area contributed by atoms with Crippen molar-refractivity contribution >= 4 is 15.9 Å². The summed E-state index contributed by atoms with van der Waals surface area (Å²) in [6, 6.07) is 0.761. The minimum Gasteiger partial charge on any atom is -0.311 e. The van der Waals surface area contributed by atoms with E-state index in [0.29, 0.717) is 17.5 Å². The quantitative estimate of drug-likeness (QED) is 0.884. The molecular formula is C15H26BrN3. The van der Waals surface area contributed by atoms with Gasteiger partial charge in [-0.05, 0) is 55.1 Å². The third kappa shape index (κ3) is 2.89. The molecule has 3 nitrogen and oxygen atoms in total. The Balaban J connectivity index is 2.38. The van der Waals surface area contributed by atoms with Crippen molar-refractivity contribution in [2.24, 2.45) is 5.41 Å². The lowest BCUT2D eigenvalue weighted by Gasteiger charge is -2.41. The lowest BCUT2D eigenvalue weighted by atomic mass is 9.69. The highest BCUT2D eigenvalue weighted by atomic mass is 79.9. The second-order valence-electron chi connectivity index (χ2n) is 6.35. The van der Waals surface area contributed by atoms with Crippen molar-refractivity contribution < 1.29 is 0 Å². The van der Waals surface area contributed by atoms with Crippen LogP contribution in [0.15, 0.2) is 10.7 Å². The molecule has 4 heteroatoms. The Morgan fingerprint density at radius 2 is 1.95 bits per heavy atom. The number of aromatic nitrogens is 2. The Morgan fingerprint density at radius 1 is 1.32 bits per heavy atom. The smallest absolute Gasteiger partial charge is 0.0704 e. The molecule has 0 aliphatic heterocycles. The normalized spacial score (nSPS) is 20.7. The molecule has 0 saturated heterocycles. The fourth-order valence-corrected chi connectivity index (χ4v) is 4.00. The maximum atomic E-state index is 4.54. The largest absolute Gasteiger partial charge is 0.311 e. The summed E-state index contributed by atoms with van der Waals surface area (Å²) in [4.78, 5) is 0. The van der Waals surface area contributed by atoms with Crippen LogP contribution < -0.4 is 5.32 Å². The molecule has 1 aromatic heterocycles. The zero-order chi connectivity index (χ0) is 14.0. The highest BCUT2D eigenvalue weighted by molar-refractivity contribution is 9.10. The molecule has 108 valence electrons. The first kappa shape index (κ1) is 15.0. The van der Waals surface area contributed by atoms with E-state index in [4.69, 9.17) is 0 Å². The Labute approximate surface area is 125 Å². The Morgan fingerprint density at radius 3 is 2.47 bits per heavy atom. The predicted molar refractivity (Wildman–Crippen MR) is 83.3 cm³/mol. The van der Waals surface area contributed by atoms with E-state index in [9.17, 15) is 0 Å². The van der Waals surface area contributed by atoms with Crippen LogP contribution in [0.4, 0.5) is 0 Å². The van der Waals surface area contributed by atoms with Crippen molar-refractivity contribution in [2.75, 3.05) is 7.05 Å². The van der Waals surface area contributed by atoms with E-state index in [1.807, 2.05) is 6.20 Å². The summed E-state index contributed by atoms with van der Waals surface area (Å²) >= 11 is 3.69. The topological polar surface area (TPSA) is 29.9 Å². The molecule has 19 heavy (non-hydrogen) atoms. The Kier molecular flexibility index (Phi) is 4.72. The second-order valence-corrected chi connectivity index (χ2v) is 7.21. The summed E-state index contributed by atoms with van der Waals surface area (Å²) in [6.45, 7) is 6.81. The number of hydrogen-bond donors (Lipinski definition) is 1. The van der Waals surface area contributed by atoms with Gasteiger partial charge in [-0.2, -0.15) is 5.10 Å². The molecule has 1 aromatic rings. The zero-order valence-corrected chi connectivity index (χ0v) is 14.1. The summed E-state index contributed by atoms with van der Waals surface area (Å²) in [5.41, 5.74) is 1.64. The van der Waals surface area contributed by atoms with Crippen LogP contribution in [0.5, 0.6) is 0 Å². The minimum absolute atomic E-state index is 0.336. The van der Waals surface area contributed by atoms with Crippen molar-refractivity contribution in [3.05, 3.63) is 16.4 Å². The van der Waals surface area contributed by atoms with Crippen LogP contribution in [0, 0.1) is 5.41 Å². The van der Waals surface area contributed by atoms with E-state index in [1.165, 1.54) is 37.8 Å². The molecule has 0 amide bonds. The second kappa shape index (κ2) is 5.96. The number of rotatable bonds is 4. The molecular weight excluding hydrogens is 302 g/mol. The molecule has 0 radical (unpaired) electrons. The standard InChI is InChI=1S/C15H26BrN3/c1-11(2)19-13(12(16)10-18-19)14(17-4)15(3)8-6-5-7-9-15/h10-11,14,17H,5-9H2,1-4H3. The van der Waals surface area contributed by atoms with Gasteiger partial charge in [0.25, 0.3) is 0 Å². The molecule has 2 rings (SSSR count). The SMILES string of the molecule is CNC(c1c(Br)cnn1C(C)C)C1(C)CCCCC1. The molecule has 1 aliphatic rings. The van der Waals surface area contributed by atoms with Crippen molar-refractivity contribution in [3.63, 3.8) is 0 Å². The molecule has 1 saturated carbocycles. The van der Waals surface area contributed by atoms with Crippen LogP contribution in [0.3, 0.4) is 0 Å². The highest BCUT2D eigenvalue weighted by Gasteiger charge is 2.38. The van der Waals surface area contributed by atoms with E-state index in [0.717, 1.165) is 4.47 Å². The van der Waals surface area contributed by atoms with E-state index >= 15 is 0 Å². The lowest BCUT2D eigenvalue weighted by Crippen LogP contribution is -2.37. The Hall–Kier alpha value is -0.350. The highest BCUT2D eigenvalue weighted by Crippen LogP contribution is 2.47. The van der Waals surface area contributed by atoms with Gasteiger partial charge in [-0.15, -0.1) is 0 Å². The van der Waals surface area contributed by atoms with Crippen LogP contribution in [-0.2, 0) is 0 Å². The molecule has 0 aromatic carbocycles. The monoisotopic (exact) mass is 327 g/mol. The van der Waals surface area contributed by atoms with Gasteiger partial charge in [-0.1, -0.05) is 26.2 Å². The van der Waals surface area contributed by atoms with Gasteiger partial charge >= 0.3 is 0 Å². The van der Waals surface area contributed by atoms with Crippen molar-refractivity contribution in [2.45, 2.75) is 65.0 Å². The average molecular weight is 328 g/mol. The van der Waals surface area contributed by atoms with E-state index in [2.05, 4.69) is 58.8 Å². The molecule has 0 spiro atoms. The molecule has 1 unspecified atom stereocenters. The lowest BCUT2D eigenvalue weighted by molar-refractivity contribution is 0.142. The van der Waals surface area contributed by atoms with Crippen molar-refractivity contribution in [3.8, 4) is 0 Å². The van der Waals surface area contributed by atoms with E-state index in [1.54, 1.807) is 0 Å². The molecule has 1 aliphatic carbocycles. The Bertz CT molecular complexity index is 419. The number of halogens is 1. The van der Waals surface area contributed by atoms with Gasteiger partial charge in [0, 0.05) is 6.04 Å². The van der Waals surface area contributed by atoms with Crippen molar-refractivity contribution in [1.29, 1.82) is 0 Å². The van der Waals surface area contributed by atoms with E-state index < -0.39 is 0 Å². The average Bonchev–Trinajstić information content (AvgIpc) is 2.73. The molecule has 1 heterocycles. The van der Waals surface area contributed by atoms with Crippen LogP contribution in [0.25, 0.3) is 0 Å². The van der Waals surface area contributed by atoms with Gasteiger partial charge in [0.15, 0.2) is 0 Å². The summed E-state index contributed by atoms with van der Waals surface area (Å²) in [7, 11) is 2.08. The van der Waals surface area contributed by atoms with Crippen LogP contribution in [0.1, 0.15) is 70.7 Å². The first-order valence-electron chi connectivity index (χ1n) is 7.40. The van der Waals surface area contributed by atoms with Gasteiger partial charge < -0.3 is 5.32 Å². The van der Waals surface area contributed by atoms with Gasteiger partial charge in [0.1, 0.15) is 0 Å². The fraction of sp³-hybridized carbons (Fsp3) is 0.800. The first-order valence-corrected chi connectivity index (χ1v) is 8.19. The van der Waals surface area contributed by atoms with Crippen LogP contribution in [-0.4, -0.2) is 16.8 Å². The summed E-state index contributed by atoms with van der Waals surface area (Å²) in [5, 5.41) is 8.10. The van der Waals surface area contributed by atoms with Gasteiger partial charge in [0.05, 0.1) is 22.4 Å². The van der Waals surface area contributed by atoms with Crippen LogP contribution in [0.2, 0.25) is 0 Å². The van der Waals surface area contributed by atoms with Gasteiger partial charge in [-0.25, -0.2) is 0 Å². The van der Waals surface area contributed by atoms with E-state index in [-0.39, 0.29) is 0 Å². The first-order chi connectivity index (χ1) is 8.99. The molecule has 1 atom stereocenters. The van der Waals surface area contributed by atoms with Crippen LogP contribution >= 0.6 is 15.9 Å².